The first kappa shape index (κ1) is 11.6. The maximum Gasteiger partial charge on any atom is 0.303 e. The van der Waals surface area contributed by atoms with Gasteiger partial charge in [-0.05, 0) is 18.1 Å². The Labute approximate surface area is 108 Å². The highest BCUT2D eigenvalue weighted by atomic mass is 16.4. The third-order valence-corrected chi connectivity index (χ3v) is 3.15. The molecule has 1 atom stereocenters. The van der Waals surface area contributed by atoms with Crippen molar-refractivity contribution in [3.8, 4) is 11.5 Å². The Kier molecular flexibility index (Phi) is 2.86. The summed E-state index contributed by atoms with van der Waals surface area (Å²) in [7, 11) is 0. The first-order chi connectivity index (χ1) is 9.24. The number of hydrogen-bond acceptors (Lipinski definition) is 6. The fourth-order valence-corrected chi connectivity index (χ4v) is 2.24. The second-order valence-electron chi connectivity index (χ2n) is 4.39. The van der Waals surface area contributed by atoms with Crippen LogP contribution >= 0.6 is 0 Å². The molecule has 0 fully saturated rings. The Balaban J connectivity index is 1.85. The highest BCUT2D eigenvalue weighted by Crippen LogP contribution is 2.29. The first-order valence-corrected chi connectivity index (χ1v) is 6.02. The highest BCUT2D eigenvalue weighted by Gasteiger charge is 2.23. The molecule has 0 radical (unpaired) electrons. The van der Waals surface area contributed by atoms with Crippen molar-refractivity contribution in [3.63, 3.8) is 0 Å². The lowest BCUT2D eigenvalue weighted by atomic mass is 10.1. The summed E-state index contributed by atoms with van der Waals surface area (Å²) in [6, 6.07) is 0.139. The number of aromatic amines is 1. The van der Waals surface area contributed by atoms with Crippen LogP contribution in [0.1, 0.15) is 25.3 Å². The summed E-state index contributed by atoms with van der Waals surface area (Å²) in [6.45, 7) is 0.785. The molecule has 0 saturated heterocycles. The molecule has 0 aromatic carbocycles. The van der Waals surface area contributed by atoms with E-state index in [0.29, 0.717) is 17.9 Å². The van der Waals surface area contributed by atoms with E-state index >= 15 is 0 Å². The van der Waals surface area contributed by atoms with E-state index in [1.165, 1.54) is 0 Å². The molecule has 2 aromatic rings. The molecule has 0 saturated carbocycles. The number of anilines is 1. The molecule has 3 heterocycles. The fourth-order valence-electron chi connectivity index (χ4n) is 2.24. The Bertz CT molecular complexity index is 577. The molecule has 19 heavy (non-hydrogen) atoms. The van der Waals surface area contributed by atoms with Crippen molar-refractivity contribution < 1.29 is 9.90 Å². The Morgan fingerprint density at radius 3 is 3.21 bits per heavy atom. The number of nitrogens with zero attached hydrogens (tertiary/aromatic N) is 5. The molecule has 9 nitrogen and oxygen atoms in total. The average molecular weight is 263 g/mol. The molecule has 1 unspecified atom stereocenters. The van der Waals surface area contributed by atoms with Crippen LogP contribution in [-0.2, 0) is 4.79 Å². The molecule has 0 amide bonds. The number of nitrogens with one attached hydrogen (secondary N) is 2. The summed E-state index contributed by atoms with van der Waals surface area (Å²) >= 11 is 0. The van der Waals surface area contributed by atoms with Crippen molar-refractivity contribution in [1.29, 1.82) is 0 Å². The van der Waals surface area contributed by atoms with Gasteiger partial charge in [0.2, 0.25) is 11.8 Å². The van der Waals surface area contributed by atoms with Crippen molar-refractivity contribution in [2.75, 3.05) is 11.9 Å². The zero-order chi connectivity index (χ0) is 13.2. The van der Waals surface area contributed by atoms with E-state index in [1.807, 2.05) is 10.8 Å². The number of hydrogen-bond donors (Lipinski definition) is 3. The molecule has 3 rings (SSSR count). The predicted molar refractivity (Wildman–Crippen MR) is 64.4 cm³/mol. The number of aliphatic carboxylic acids is 1. The minimum absolute atomic E-state index is 0.139. The number of H-pyrrole nitrogens is 1. The van der Waals surface area contributed by atoms with E-state index in [2.05, 4.69) is 30.9 Å². The van der Waals surface area contributed by atoms with Crippen LogP contribution in [0.15, 0.2) is 6.20 Å². The Morgan fingerprint density at radius 1 is 1.58 bits per heavy atom. The molecule has 0 aliphatic carbocycles. The van der Waals surface area contributed by atoms with E-state index < -0.39 is 5.97 Å². The predicted octanol–water partition coefficient (Wildman–Crippen LogP) is 0.285. The number of rotatable bonds is 4. The van der Waals surface area contributed by atoms with Crippen LogP contribution in [-0.4, -0.2) is 47.8 Å². The van der Waals surface area contributed by atoms with Crippen LogP contribution < -0.4 is 5.32 Å². The van der Waals surface area contributed by atoms with Gasteiger partial charge >= 0.3 is 5.97 Å². The topological polar surface area (TPSA) is 122 Å². The molecule has 0 spiro atoms. The number of aromatic nitrogens is 6. The Hall–Kier alpha value is -2.45. The van der Waals surface area contributed by atoms with Gasteiger partial charge in [0, 0.05) is 25.2 Å². The summed E-state index contributed by atoms with van der Waals surface area (Å²) in [5.41, 5.74) is 0.624. The quantitative estimate of drug-likeness (QED) is 0.724. The number of imidazole rings is 1. The number of tetrazole rings is 1. The zero-order valence-corrected chi connectivity index (χ0v) is 10.1. The standard InChI is InChI=1S/C10H13N7O2/c18-8(19)2-1-6-3-4-11-10-12-7(5-17(6)10)9-13-15-16-14-9/h5-6H,1-4H2,(H,11,12)(H,18,19)(H,13,14,15,16). The minimum atomic E-state index is -0.779. The monoisotopic (exact) mass is 263 g/mol. The molecule has 2 aromatic heterocycles. The molecule has 3 N–H and O–H groups in total. The lowest BCUT2D eigenvalue weighted by Crippen LogP contribution is -2.23. The van der Waals surface area contributed by atoms with Crippen LogP contribution in [0, 0.1) is 0 Å². The lowest BCUT2D eigenvalue weighted by molar-refractivity contribution is -0.137. The van der Waals surface area contributed by atoms with E-state index in [4.69, 9.17) is 5.11 Å². The van der Waals surface area contributed by atoms with E-state index in [1.54, 1.807) is 0 Å². The first-order valence-electron chi connectivity index (χ1n) is 6.02. The summed E-state index contributed by atoms with van der Waals surface area (Å²) in [5.74, 6) is 0.376. The number of carboxylic acid groups (broad SMARTS) is 1. The second-order valence-corrected chi connectivity index (χ2v) is 4.39. The van der Waals surface area contributed by atoms with Gasteiger partial charge in [0.15, 0.2) is 0 Å². The van der Waals surface area contributed by atoms with Crippen molar-refractivity contribution in [1.82, 2.24) is 30.2 Å². The van der Waals surface area contributed by atoms with E-state index in [9.17, 15) is 4.79 Å². The Morgan fingerprint density at radius 2 is 2.47 bits per heavy atom. The van der Waals surface area contributed by atoms with Gasteiger partial charge in [-0.25, -0.2) is 4.98 Å². The zero-order valence-electron chi connectivity index (χ0n) is 10.1. The van der Waals surface area contributed by atoms with Crippen molar-refractivity contribution >= 4 is 11.9 Å². The van der Waals surface area contributed by atoms with Crippen molar-refractivity contribution in [3.05, 3.63) is 6.20 Å². The van der Waals surface area contributed by atoms with Gasteiger partial charge in [0.05, 0.1) is 0 Å². The molecule has 1 aliphatic heterocycles. The van der Waals surface area contributed by atoms with Gasteiger partial charge in [0.1, 0.15) is 5.69 Å². The highest BCUT2D eigenvalue weighted by molar-refractivity contribution is 5.66. The number of carboxylic acids is 1. The molecular weight excluding hydrogens is 250 g/mol. The lowest BCUT2D eigenvalue weighted by Gasteiger charge is -2.25. The van der Waals surface area contributed by atoms with Gasteiger partial charge in [-0.3, -0.25) is 4.79 Å². The van der Waals surface area contributed by atoms with Gasteiger partial charge in [-0.2, -0.15) is 5.21 Å². The maximum atomic E-state index is 10.7. The molecule has 100 valence electrons. The number of fused-ring (bicyclic) bond motifs is 1. The van der Waals surface area contributed by atoms with Crippen LogP contribution in [0.25, 0.3) is 11.5 Å². The third kappa shape index (κ3) is 2.26. The second kappa shape index (κ2) is 4.67. The van der Waals surface area contributed by atoms with Gasteiger partial charge in [-0.1, -0.05) is 0 Å². The van der Waals surface area contributed by atoms with Gasteiger partial charge in [-0.15, -0.1) is 10.2 Å². The largest absolute Gasteiger partial charge is 0.481 e. The van der Waals surface area contributed by atoms with Crippen LogP contribution in [0.4, 0.5) is 5.95 Å². The molecule has 9 heteroatoms. The normalized spacial score (nSPS) is 17.8. The fraction of sp³-hybridized carbons (Fsp3) is 0.500. The molecular formula is C10H13N7O2. The SMILES string of the molecule is O=C(O)CCC1CCNc2nc(-c3nn[nH]n3)cn21. The maximum absolute atomic E-state index is 10.7. The smallest absolute Gasteiger partial charge is 0.303 e. The van der Waals surface area contributed by atoms with Gasteiger partial charge in [0.25, 0.3) is 0 Å². The summed E-state index contributed by atoms with van der Waals surface area (Å²) < 4.78 is 1.96. The van der Waals surface area contributed by atoms with Crippen LogP contribution in [0.2, 0.25) is 0 Å². The summed E-state index contributed by atoms with van der Waals surface area (Å²) in [5, 5.41) is 25.6. The molecule has 0 bridgehead atoms. The van der Waals surface area contributed by atoms with E-state index in [-0.39, 0.29) is 12.5 Å². The average Bonchev–Trinajstić information content (AvgIpc) is 3.04. The number of carbonyl (C=O) groups is 1. The van der Waals surface area contributed by atoms with E-state index in [0.717, 1.165) is 18.9 Å². The van der Waals surface area contributed by atoms with Crippen LogP contribution in [0.3, 0.4) is 0 Å². The summed E-state index contributed by atoms with van der Waals surface area (Å²) in [6.07, 6.45) is 3.45. The van der Waals surface area contributed by atoms with Gasteiger partial charge < -0.3 is 15.0 Å². The minimum Gasteiger partial charge on any atom is -0.481 e. The molecule has 1 aliphatic rings. The third-order valence-electron chi connectivity index (χ3n) is 3.15. The van der Waals surface area contributed by atoms with Crippen LogP contribution in [0.5, 0.6) is 0 Å². The summed E-state index contributed by atoms with van der Waals surface area (Å²) in [4.78, 5) is 15.1. The van der Waals surface area contributed by atoms with Crippen molar-refractivity contribution in [2.24, 2.45) is 0 Å². The van der Waals surface area contributed by atoms with Crippen molar-refractivity contribution in [2.45, 2.75) is 25.3 Å².